The minimum absolute atomic E-state index is 0.227. The zero-order chi connectivity index (χ0) is 12.0. The van der Waals surface area contributed by atoms with Gasteiger partial charge in [0.2, 0.25) is 0 Å². The van der Waals surface area contributed by atoms with Crippen molar-refractivity contribution in [2.75, 3.05) is 13.1 Å². The molecule has 1 aromatic rings. The second-order valence-electron chi connectivity index (χ2n) is 3.49. The van der Waals surface area contributed by atoms with Gasteiger partial charge in [-0.1, -0.05) is 34.1 Å². The molecule has 5 heteroatoms. The molecule has 4 N–H and O–H groups in total. The normalized spacial score (nSPS) is 12.1. The van der Waals surface area contributed by atoms with Crippen LogP contribution in [-0.4, -0.2) is 19.1 Å². The van der Waals surface area contributed by atoms with Crippen LogP contribution in [0, 0.1) is 0 Å². The van der Waals surface area contributed by atoms with Crippen molar-refractivity contribution >= 4 is 22.0 Å². The number of benzene rings is 1. The van der Waals surface area contributed by atoms with E-state index in [1.807, 2.05) is 18.2 Å². The molecule has 2 amide bonds. The summed E-state index contributed by atoms with van der Waals surface area (Å²) in [6.45, 7) is 3.29. The van der Waals surface area contributed by atoms with Gasteiger partial charge in [0.1, 0.15) is 0 Å². The summed E-state index contributed by atoms with van der Waals surface area (Å²) in [5, 5.41) is 5.83. The maximum absolute atomic E-state index is 10.4. The van der Waals surface area contributed by atoms with Gasteiger partial charge >= 0.3 is 6.03 Å². The summed E-state index contributed by atoms with van der Waals surface area (Å²) < 4.78 is 1.08. The molecule has 0 aliphatic carbocycles. The Morgan fingerprint density at radius 1 is 1.44 bits per heavy atom. The number of nitrogens with one attached hydrogen (secondary N) is 2. The molecule has 0 saturated carbocycles. The van der Waals surface area contributed by atoms with Crippen molar-refractivity contribution in [1.82, 2.24) is 10.6 Å². The fourth-order valence-electron chi connectivity index (χ4n) is 1.41. The Kier molecular flexibility index (Phi) is 5.28. The lowest BCUT2D eigenvalue weighted by molar-refractivity contribution is 0.249. The van der Waals surface area contributed by atoms with Crippen molar-refractivity contribution in [2.24, 2.45) is 5.73 Å². The average molecular weight is 286 g/mol. The van der Waals surface area contributed by atoms with Gasteiger partial charge in [-0.25, -0.2) is 4.79 Å². The summed E-state index contributed by atoms with van der Waals surface area (Å²) in [6.07, 6.45) is 0. The van der Waals surface area contributed by atoms with Crippen molar-refractivity contribution in [2.45, 2.75) is 13.0 Å². The van der Waals surface area contributed by atoms with Gasteiger partial charge < -0.3 is 16.4 Å². The zero-order valence-electron chi connectivity index (χ0n) is 9.16. The van der Waals surface area contributed by atoms with Crippen LogP contribution in [0.1, 0.15) is 18.5 Å². The molecule has 16 heavy (non-hydrogen) atoms. The number of carbonyl (C=O) groups is 1. The molecular formula is C11H16BrN3O. The van der Waals surface area contributed by atoms with E-state index in [-0.39, 0.29) is 6.04 Å². The van der Waals surface area contributed by atoms with Crippen LogP contribution in [0.5, 0.6) is 0 Å². The van der Waals surface area contributed by atoms with Crippen LogP contribution in [0.25, 0.3) is 0 Å². The number of hydrogen-bond acceptors (Lipinski definition) is 2. The molecule has 0 aliphatic heterocycles. The van der Waals surface area contributed by atoms with Crippen molar-refractivity contribution in [3.8, 4) is 0 Å². The van der Waals surface area contributed by atoms with Crippen LogP contribution in [-0.2, 0) is 0 Å². The standard InChI is InChI=1S/C11H16BrN3O/c1-8(14-6-7-15-11(13)16)9-4-2-3-5-10(9)12/h2-5,8,14H,6-7H2,1H3,(H3,13,15,16). The molecule has 1 aromatic carbocycles. The van der Waals surface area contributed by atoms with Gasteiger partial charge in [0.05, 0.1) is 0 Å². The minimum atomic E-state index is -0.490. The third-order valence-corrected chi connectivity index (χ3v) is 2.97. The van der Waals surface area contributed by atoms with Crippen LogP contribution in [0.3, 0.4) is 0 Å². The van der Waals surface area contributed by atoms with E-state index in [1.54, 1.807) is 0 Å². The molecule has 0 radical (unpaired) electrons. The Bertz CT molecular complexity index is 357. The smallest absolute Gasteiger partial charge is 0.312 e. The summed E-state index contributed by atoms with van der Waals surface area (Å²) in [7, 11) is 0. The maximum Gasteiger partial charge on any atom is 0.312 e. The van der Waals surface area contributed by atoms with E-state index in [9.17, 15) is 4.79 Å². The van der Waals surface area contributed by atoms with E-state index in [4.69, 9.17) is 5.73 Å². The number of halogens is 1. The summed E-state index contributed by atoms with van der Waals surface area (Å²) >= 11 is 3.50. The van der Waals surface area contributed by atoms with Gasteiger partial charge in [-0.05, 0) is 18.6 Å². The predicted molar refractivity (Wildman–Crippen MR) is 68.1 cm³/mol. The maximum atomic E-state index is 10.4. The van der Waals surface area contributed by atoms with E-state index < -0.39 is 6.03 Å². The van der Waals surface area contributed by atoms with Gasteiger partial charge in [0.25, 0.3) is 0 Å². The second-order valence-corrected chi connectivity index (χ2v) is 4.34. The van der Waals surface area contributed by atoms with Crippen molar-refractivity contribution in [1.29, 1.82) is 0 Å². The highest BCUT2D eigenvalue weighted by molar-refractivity contribution is 9.10. The molecule has 0 spiro atoms. The molecule has 88 valence electrons. The van der Waals surface area contributed by atoms with E-state index in [2.05, 4.69) is 39.6 Å². The molecule has 4 nitrogen and oxygen atoms in total. The third-order valence-electron chi connectivity index (χ3n) is 2.25. The minimum Gasteiger partial charge on any atom is -0.352 e. The first kappa shape index (κ1) is 13.0. The highest BCUT2D eigenvalue weighted by Crippen LogP contribution is 2.22. The summed E-state index contributed by atoms with van der Waals surface area (Å²) in [5.41, 5.74) is 6.16. The number of primary amides is 1. The van der Waals surface area contributed by atoms with Gasteiger partial charge in [-0.2, -0.15) is 0 Å². The summed E-state index contributed by atoms with van der Waals surface area (Å²) in [6, 6.07) is 7.79. The van der Waals surface area contributed by atoms with Crippen LogP contribution in [0.4, 0.5) is 4.79 Å². The number of rotatable bonds is 5. The quantitative estimate of drug-likeness (QED) is 0.722. The second kappa shape index (κ2) is 6.50. The Labute approximate surface area is 104 Å². The topological polar surface area (TPSA) is 67.2 Å². The van der Waals surface area contributed by atoms with E-state index >= 15 is 0 Å². The first-order valence-corrected chi connectivity index (χ1v) is 5.91. The first-order valence-electron chi connectivity index (χ1n) is 5.12. The largest absolute Gasteiger partial charge is 0.352 e. The molecule has 1 rings (SSSR count). The average Bonchev–Trinajstić information content (AvgIpc) is 2.24. The first-order chi connectivity index (χ1) is 7.61. The van der Waals surface area contributed by atoms with Crippen molar-refractivity contribution in [3.63, 3.8) is 0 Å². The highest BCUT2D eigenvalue weighted by Gasteiger charge is 2.07. The van der Waals surface area contributed by atoms with Crippen LogP contribution < -0.4 is 16.4 Å². The molecule has 0 fully saturated rings. The number of nitrogens with two attached hydrogens (primary N) is 1. The Morgan fingerprint density at radius 2 is 2.12 bits per heavy atom. The monoisotopic (exact) mass is 285 g/mol. The van der Waals surface area contributed by atoms with Gasteiger partial charge in [0, 0.05) is 23.6 Å². The third kappa shape index (κ3) is 4.20. The predicted octanol–water partition coefficient (Wildman–Crippen LogP) is 1.77. The molecular weight excluding hydrogens is 270 g/mol. The van der Waals surface area contributed by atoms with Gasteiger partial charge in [0.15, 0.2) is 0 Å². The lowest BCUT2D eigenvalue weighted by Gasteiger charge is -2.15. The van der Waals surface area contributed by atoms with E-state index in [0.717, 1.165) is 4.47 Å². The summed E-state index contributed by atoms with van der Waals surface area (Å²) in [4.78, 5) is 10.4. The van der Waals surface area contributed by atoms with Crippen molar-refractivity contribution < 1.29 is 4.79 Å². The number of urea groups is 1. The molecule has 0 aromatic heterocycles. The Hall–Kier alpha value is -1.07. The lowest BCUT2D eigenvalue weighted by Crippen LogP contribution is -2.36. The Morgan fingerprint density at radius 3 is 2.75 bits per heavy atom. The fraction of sp³-hybridized carbons (Fsp3) is 0.364. The van der Waals surface area contributed by atoms with E-state index in [0.29, 0.717) is 13.1 Å². The molecule has 1 atom stereocenters. The lowest BCUT2D eigenvalue weighted by atomic mass is 10.1. The molecule has 1 unspecified atom stereocenters. The zero-order valence-corrected chi connectivity index (χ0v) is 10.8. The van der Waals surface area contributed by atoms with Crippen LogP contribution in [0.15, 0.2) is 28.7 Å². The van der Waals surface area contributed by atoms with Gasteiger partial charge in [-0.3, -0.25) is 0 Å². The van der Waals surface area contributed by atoms with Crippen LogP contribution >= 0.6 is 15.9 Å². The fourth-order valence-corrected chi connectivity index (χ4v) is 2.04. The summed E-state index contributed by atoms with van der Waals surface area (Å²) in [5.74, 6) is 0. The van der Waals surface area contributed by atoms with Gasteiger partial charge in [-0.15, -0.1) is 0 Å². The number of hydrogen-bond donors (Lipinski definition) is 3. The molecule has 0 heterocycles. The van der Waals surface area contributed by atoms with E-state index in [1.165, 1.54) is 5.56 Å². The Balaban J connectivity index is 2.38. The molecule has 0 saturated heterocycles. The SMILES string of the molecule is CC(NCCNC(N)=O)c1ccccc1Br. The van der Waals surface area contributed by atoms with Crippen molar-refractivity contribution in [3.05, 3.63) is 34.3 Å². The number of carbonyl (C=O) groups excluding carboxylic acids is 1. The highest BCUT2D eigenvalue weighted by atomic mass is 79.9. The number of amides is 2. The molecule has 0 bridgehead atoms. The van der Waals surface area contributed by atoms with Crippen LogP contribution in [0.2, 0.25) is 0 Å². The molecule has 0 aliphatic rings.